The first-order chi connectivity index (χ1) is 13.3. The number of aromatic nitrogens is 3. The van der Waals surface area contributed by atoms with Crippen LogP contribution < -0.4 is 4.90 Å². The zero-order chi connectivity index (χ0) is 18.2. The Labute approximate surface area is 169 Å². The van der Waals surface area contributed by atoms with Crippen molar-refractivity contribution in [1.29, 1.82) is 0 Å². The van der Waals surface area contributed by atoms with Crippen molar-refractivity contribution in [2.75, 3.05) is 6.54 Å². The second-order valence-electron chi connectivity index (χ2n) is 7.76. The molecule has 6 heteroatoms. The zero-order valence-electron chi connectivity index (χ0n) is 15.4. The van der Waals surface area contributed by atoms with Gasteiger partial charge in [0.15, 0.2) is 6.67 Å². The van der Waals surface area contributed by atoms with Crippen LogP contribution in [0.25, 0.3) is 0 Å². The van der Waals surface area contributed by atoms with E-state index in [1.54, 1.807) is 4.90 Å². The monoisotopic (exact) mass is 397 g/mol. The van der Waals surface area contributed by atoms with Gasteiger partial charge in [-0.3, -0.25) is 4.57 Å². The molecule has 3 aromatic rings. The van der Waals surface area contributed by atoms with E-state index >= 15 is 0 Å². The highest BCUT2D eigenvalue weighted by atomic mass is 32.1. The lowest BCUT2D eigenvalue weighted by molar-refractivity contribution is -0.941. The van der Waals surface area contributed by atoms with Crippen molar-refractivity contribution in [2.24, 2.45) is 0 Å². The topological polar surface area (TPSA) is 27.2 Å². The molecule has 1 aliphatic carbocycles. The van der Waals surface area contributed by atoms with Gasteiger partial charge in [-0.2, -0.15) is 9.78 Å². The summed E-state index contributed by atoms with van der Waals surface area (Å²) in [5.41, 5.74) is 1.29. The van der Waals surface area contributed by atoms with Gasteiger partial charge >= 0.3 is 0 Å². The fraction of sp³-hybridized carbons (Fsp3) is 0.429. The summed E-state index contributed by atoms with van der Waals surface area (Å²) in [4.78, 5) is 3.10. The number of rotatable bonds is 6. The second-order valence-corrected chi connectivity index (χ2v) is 9.11. The van der Waals surface area contributed by atoms with E-state index in [2.05, 4.69) is 57.1 Å². The predicted molar refractivity (Wildman–Crippen MR) is 111 cm³/mol. The van der Waals surface area contributed by atoms with E-state index in [0.29, 0.717) is 12.0 Å². The minimum atomic E-state index is 0.593. The standard InChI is InChI=1S/C21H24N4S2/c26-21-24(14-16-6-2-1-3-7-16)20(17-10-11-17)22-25(21)15-23-12-4-8-18(23)19-9-5-13-27-19/h1-3,5-7,9,13,17-18H,4,8,10-12,14-15H2/p+1/t18-/m1/s1. The molecule has 1 saturated carbocycles. The van der Waals surface area contributed by atoms with Gasteiger partial charge < -0.3 is 4.90 Å². The predicted octanol–water partition coefficient (Wildman–Crippen LogP) is 3.78. The molecule has 1 saturated heterocycles. The highest BCUT2D eigenvalue weighted by molar-refractivity contribution is 7.71. The van der Waals surface area contributed by atoms with Gasteiger partial charge in [-0.1, -0.05) is 36.4 Å². The highest BCUT2D eigenvalue weighted by Crippen LogP contribution is 2.39. The Morgan fingerprint density at radius 1 is 1.11 bits per heavy atom. The van der Waals surface area contributed by atoms with E-state index in [0.717, 1.165) is 18.0 Å². The van der Waals surface area contributed by atoms with E-state index < -0.39 is 0 Å². The number of thiophene rings is 1. The lowest BCUT2D eigenvalue weighted by Gasteiger charge is -2.20. The number of nitrogens with one attached hydrogen (secondary N) is 1. The lowest BCUT2D eigenvalue weighted by Crippen LogP contribution is -3.09. The summed E-state index contributed by atoms with van der Waals surface area (Å²) in [6, 6.07) is 15.7. The third kappa shape index (κ3) is 3.53. The number of benzene rings is 1. The van der Waals surface area contributed by atoms with E-state index in [-0.39, 0.29) is 0 Å². The number of hydrogen-bond acceptors (Lipinski definition) is 3. The van der Waals surface area contributed by atoms with Crippen molar-refractivity contribution in [3.8, 4) is 0 Å². The van der Waals surface area contributed by atoms with Gasteiger partial charge in [-0.05, 0) is 42.1 Å². The Bertz CT molecular complexity index is 954. The number of hydrogen-bond donors (Lipinski definition) is 1. The smallest absolute Gasteiger partial charge is 0.203 e. The molecule has 2 fully saturated rings. The molecule has 3 heterocycles. The SMILES string of the molecule is S=c1n(C[NH+]2CCC[C@@H]2c2cccs2)nc(C2CC2)n1Cc1ccccc1. The van der Waals surface area contributed by atoms with E-state index in [1.807, 2.05) is 11.3 Å². The van der Waals surface area contributed by atoms with Crippen LogP contribution in [0.15, 0.2) is 47.8 Å². The van der Waals surface area contributed by atoms with Gasteiger partial charge in [-0.25, -0.2) is 0 Å². The molecule has 0 radical (unpaired) electrons. The minimum absolute atomic E-state index is 0.593. The molecule has 4 nitrogen and oxygen atoms in total. The fourth-order valence-corrected chi connectivity index (χ4v) is 5.43. The van der Waals surface area contributed by atoms with Crippen molar-refractivity contribution in [3.63, 3.8) is 0 Å². The van der Waals surface area contributed by atoms with Crippen LogP contribution in [0.3, 0.4) is 0 Å². The van der Waals surface area contributed by atoms with E-state index in [4.69, 9.17) is 17.3 Å². The maximum Gasteiger partial charge on any atom is 0.203 e. The average Bonchev–Trinajstić information content (AvgIpc) is 3.07. The maximum absolute atomic E-state index is 5.88. The molecule has 2 aromatic heterocycles. The third-order valence-corrected chi connectivity index (χ3v) is 7.22. The average molecular weight is 398 g/mol. The molecule has 5 rings (SSSR count). The molecule has 140 valence electrons. The maximum atomic E-state index is 5.88. The van der Waals surface area contributed by atoms with Gasteiger partial charge in [0.25, 0.3) is 0 Å². The Kier molecular flexibility index (Phi) is 4.71. The molecular formula is C21H25N4S2+. The summed E-state index contributed by atoms with van der Waals surface area (Å²) in [6.45, 7) is 2.91. The van der Waals surface area contributed by atoms with Gasteiger partial charge in [0.05, 0.1) is 18.0 Å². The third-order valence-electron chi connectivity index (χ3n) is 5.80. The molecule has 27 heavy (non-hydrogen) atoms. The molecule has 1 aromatic carbocycles. The highest BCUT2D eigenvalue weighted by Gasteiger charge is 2.34. The van der Waals surface area contributed by atoms with Crippen molar-refractivity contribution in [3.05, 3.63) is 68.9 Å². The van der Waals surface area contributed by atoms with Gasteiger partial charge in [0, 0.05) is 18.8 Å². The van der Waals surface area contributed by atoms with Crippen molar-refractivity contribution < 1.29 is 4.90 Å². The summed E-state index contributed by atoms with van der Waals surface area (Å²) in [5.74, 6) is 1.79. The Morgan fingerprint density at radius 2 is 1.96 bits per heavy atom. The Balaban J connectivity index is 1.43. The molecule has 1 unspecified atom stereocenters. The van der Waals surface area contributed by atoms with Gasteiger partial charge in [0.1, 0.15) is 11.9 Å². The molecule has 1 N–H and O–H groups in total. The molecule has 1 aliphatic heterocycles. The molecule has 0 spiro atoms. The Hall–Kier alpha value is -1.76. The molecule has 0 amide bonds. The van der Waals surface area contributed by atoms with Gasteiger partial charge in [0.2, 0.25) is 4.77 Å². The van der Waals surface area contributed by atoms with Crippen LogP contribution in [0.5, 0.6) is 0 Å². The summed E-state index contributed by atoms with van der Waals surface area (Å²) < 4.78 is 5.26. The summed E-state index contributed by atoms with van der Waals surface area (Å²) in [5, 5.41) is 7.20. The molecule has 2 aliphatic rings. The van der Waals surface area contributed by atoms with Crippen LogP contribution in [-0.4, -0.2) is 20.9 Å². The van der Waals surface area contributed by atoms with E-state index in [9.17, 15) is 0 Å². The lowest BCUT2D eigenvalue weighted by atomic mass is 10.2. The quantitative estimate of drug-likeness (QED) is 0.641. The van der Waals surface area contributed by atoms with Crippen LogP contribution in [0, 0.1) is 4.77 Å². The van der Waals surface area contributed by atoms with Crippen LogP contribution in [-0.2, 0) is 13.2 Å². The Morgan fingerprint density at radius 3 is 2.70 bits per heavy atom. The first kappa shape index (κ1) is 17.3. The largest absolute Gasteiger partial charge is 0.309 e. The van der Waals surface area contributed by atoms with Gasteiger partial charge in [-0.15, -0.1) is 11.3 Å². The molecule has 0 bridgehead atoms. The second kappa shape index (κ2) is 7.34. The van der Waals surface area contributed by atoms with Crippen LogP contribution in [0.1, 0.15) is 53.9 Å². The zero-order valence-corrected chi connectivity index (χ0v) is 17.0. The summed E-state index contributed by atoms with van der Waals surface area (Å²) >= 11 is 7.77. The fourth-order valence-electron chi connectivity index (χ4n) is 4.25. The van der Waals surface area contributed by atoms with Crippen LogP contribution in [0.2, 0.25) is 0 Å². The number of likely N-dealkylation sites (tertiary alicyclic amines) is 1. The summed E-state index contributed by atoms with van der Waals surface area (Å²) in [7, 11) is 0. The molecule has 2 atom stereocenters. The number of nitrogens with zero attached hydrogens (tertiary/aromatic N) is 3. The minimum Gasteiger partial charge on any atom is -0.309 e. The normalized spacial score (nSPS) is 22.4. The number of quaternary nitrogens is 1. The van der Waals surface area contributed by atoms with Crippen molar-refractivity contribution in [2.45, 2.75) is 50.9 Å². The van der Waals surface area contributed by atoms with Crippen molar-refractivity contribution in [1.82, 2.24) is 14.3 Å². The summed E-state index contributed by atoms with van der Waals surface area (Å²) in [6.07, 6.45) is 5.04. The van der Waals surface area contributed by atoms with Crippen molar-refractivity contribution >= 4 is 23.6 Å². The van der Waals surface area contributed by atoms with Crippen LogP contribution in [0.4, 0.5) is 0 Å². The first-order valence-electron chi connectivity index (χ1n) is 9.89. The van der Waals surface area contributed by atoms with Crippen LogP contribution >= 0.6 is 23.6 Å². The van der Waals surface area contributed by atoms with E-state index in [1.165, 1.54) is 48.5 Å². The first-order valence-corrected chi connectivity index (χ1v) is 11.2. The molecular weight excluding hydrogens is 372 g/mol.